The zero-order valence-corrected chi connectivity index (χ0v) is 16.2. The maximum atomic E-state index is 14.0. The van der Waals surface area contributed by atoms with Crippen LogP contribution in [0.25, 0.3) is 11.1 Å². The Balaban J connectivity index is 1.78. The molecule has 0 aliphatic heterocycles. The average molecular weight is 428 g/mol. The van der Waals surface area contributed by atoms with E-state index in [-0.39, 0.29) is 11.4 Å². The van der Waals surface area contributed by atoms with Crippen LogP contribution in [0.15, 0.2) is 59.6 Å². The average Bonchev–Trinajstić information content (AvgIpc) is 2.67. The molecule has 0 unspecified atom stereocenters. The molecule has 3 rings (SSSR count). The van der Waals surface area contributed by atoms with Crippen LogP contribution >= 0.6 is 11.8 Å². The molecule has 1 aromatic heterocycles. The van der Waals surface area contributed by atoms with Crippen LogP contribution in [0.3, 0.4) is 0 Å². The van der Waals surface area contributed by atoms with Gasteiger partial charge < -0.3 is 4.74 Å². The summed E-state index contributed by atoms with van der Waals surface area (Å²) >= 11 is 0.808. The molecule has 0 N–H and O–H groups in total. The number of hydrogen-bond donors (Lipinski definition) is 0. The molecule has 3 nitrogen and oxygen atoms in total. The lowest BCUT2D eigenvalue weighted by molar-refractivity contribution is -0.274. The molecule has 150 valence electrons. The highest BCUT2D eigenvalue weighted by Crippen LogP contribution is 2.30. The van der Waals surface area contributed by atoms with Crippen LogP contribution in [0.4, 0.5) is 17.6 Å². The van der Waals surface area contributed by atoms with E-state index < -0.39 is 12.2 Å². The minimum absolute atomic E-state index is 0.0301. The zero-order chi connectivity index (χ0) is 21.7. The first kappa shape index (κ1) is 21.2. The molecule has 0 bridgehead atoms. The van der Waals surface area contributed by atoms with Crippen molar-refractivity contribution in [1.82, 2.24) is 4.98 Å². The van der Waals surface area contributed by atoms with Crippen molar-refractivity contribution in [2.45, 2.75) is 18.2 Å². The molecule has 1 heterocycles. The van der Waals surface area contributed by atoms with Crippen LogP contribution in [-0.4, -0.2) is 11.3 Å². The van der Waals surface area contributed by atoms with Crippen molar-refractivity contribution in [2.75, 3.05) is 0 Å². The first-order chi connectivity index (χ1) is 14.2. The van der Waals surface area contributed by atoms with Crippen molar-refractivity contribution in [1.29, 1.82) is 5.26 Å². The number of hydrogen-bond acceptors (Lipinski definition) is 4. The van der Waals surface area contributed by atoms with E-state index in [1.807, 2.05) is 5.40 Å². The first-order valence-electron chi connectivity index (χ1n) is 8.45. The van der Waals surface area contributed by atoms with Gasteiger partial charge in [0.05, 0.1) is 0 Å². The third-order valence-electron chi connectivity index (χ3n) is 3.93. The van der Waals surface area contributed by atoms with Crippen LogP contribution < -0.4 is 4.74 Å². The second-order valence-electron chi connectivity index (χ2n) is 6.05. The predicted octanol–water partition coefficient (Wildman–Crippen LogP) is 6.07. The molecule has 0 fully saturated rings. The number of rotatable bonds is 3. The minimum Gasteiger partial charge on any atom is -0.406 e. The second-order valence-corrected chi connectivity index (χ2v) is 6.90. The van der Waals surface area contributed by atoms with Gasteiger partial charge in [-0.2, -0.15) is 5.26 Å². The highest BCUT2D eigenvalue weighted by molar-refractivity contribution is 8.03. The van der Waals surface area contributed by atoms with Crippen molar-refractivity contribution in [3.8, 4) is 34.1 Å². The van der Waals surface area contributed by atoms with Crippen LogP contribution in [0.5, 0.6) is 5.75 Å². The summed E-state index contributed by atoms with van der Waals surface area (Å²) in [4.78, 5) is 4.31. The summed E-state index contributed by atoms with van der Waals surface area (Å²) in [5.41, 5.74) is 2.75. The van der Waals surface area contributed by atoms with E-state index >= 15 is 0 Å². The number of alkyl halides is 3. The van der Waals surface area contributed by atoms with Gasteiger partial charge >= 0.3 is 6.36 Å². The maximum Gasteiger partial charge on any atom is 0.573 e. The summed E-state index contributed by atoms with van der Waals surface area (Å²) < 4.78 is 54.9. The van der Waals surface area contributed by atoms with Crippen molar-refractivity contribution in [2.24, 2.45) is 0 Å². The van der Waals surface area contributed by atoms with Crippen LogP contribution in [0.1, 0.15) is 16.8 Å². The van der Waals surface area contributed by atoms with Gasteiger partial charge in [0.2, 0.25) is 0 Å². The predicted molar refractivity (Wildman–Crippen MR) is 105 cm³/mol. The van der Waals surface area contributed by atoms with Crippen LogP contribution in [0.2, 0.25) is 0 Å². The minimum atomic E-state index is -4.74. The number of benzene rings is 2. The lowest BCUT2D eigenvalue weighted by Gasteiger charge is -2.12. The van der Waals surface area contributed by atoms with Gasteiger partial charge in [-0.15, -0.1) is 13.2 Å². The molecule has 2 aromatic carbocycles. The van der Waals surface area contributed by atoms with Gasteiger partial charge in [-0.05, 0) is 71.6 Å². The van der Waals surface area contributed by atoms with Crippen LogP contribution in [0, 0.1) is 35.2 Å². The summed E-state index contributed by atoms with van der Waals surface area (Å²) in [7, 11) is 0. The summed E-state index contributed by atoms with van der Waals surface area (Å²) in [6.07, 6.45) is -3.36. The Morgan fingerprint density at radius 2 is 1.77 bits per heavy atom. The summed E-state index contributed by atoms with van der Waals surface area (Å²) in [5.74, 6) is 4.57. The second kappa shape index (κ2) is 8.89. The van der Waals surface area contributed by atoms with Gasteiger partial charge in [0.15, 0.2) is 5.82 Å². The van der Waals surface area contributed by atoms with Crippen molar-refractivity contribution >= 4 is 11.8 Å². The molecule has 30 heavy (non-hydrogen) atoms. The van der Waals surface area contributed by atoms with E-state index in [1.165, 1.54) is 24.4 Å². The Kier molecular flexibility index (Phi) is 6.29. The van der Waals surface area contributed by atoms with Crippen molar-refractivity contribution in [3.63, 3.8) is 0 Å². The molecule has 0 saturated heterocycles. The van der Waals surface area contributed by atoms with Crippen LogP contribution in [-0.2, 0) is 0 Å². The Hall–Kier alpha value is -3.49. The number of pyridine rings is 1. The zero-order valence-electron chi connectivity index (χ0n) is 15.4. The molecule has 0 amide bonds. The summed E-state index contributed by atoms with van der Waals surface area (Å²) in [6, 6.07) is 12.3. The third kappa shape index (κ3) is 5.53. The van der Waals surface area contributed by atoms with Gasteiger partial charge in [-0.1, -0.05) is 24.1 Å². The number of ether oxygens (including phenoxy) is 1. The summed E-state index contributed by atoms with van der Waals surface area (Å²) in [5, 5.41) is 10.4. The van der Waals surface area contributed by atoms with Gasteiger partial charge in [0.25, 0.3) is 0 Å². The SMILES string of the molecule is Cc1cc(OC(F)(F)F)ccc1-c1ccc(C#Cc2ncc(SC#N)cc2F)cc1. The maximum absolute atomic E-state index is 14.0. The molecule has 3 aromatic rings. The van der Waals surface area contributed by atoms with Gasteiger partial charge in [0.1, 0.15) is 16.8 Å². The monoisotopic (exact) mass is 428 g/mol. The largest absolute Gasteiger partial charge is 0.573 e. The molecule has 0 aliphatic carbocycles. The quantitative estimate of drug-likeness (QED) is 0.220. The van der Waals surface area contributed by atoms with E-state index in [0.29, 0.717) is 16.0 Å². The number of aromatic nitrogens is 1. The number of thiocyanates is 1. The van der Waals surface area contributed by atoms with E-state index in [2.05, 4.69) is 21.6 Å². The Morgan fingerprint density at radius 3 is 2.37 bits per heavy atom. The summed E-state index contributed by atoms with van der Waals surface area (Å²) in [6.45, 7) is 1.69. The van der Waals surface area contributed by atoms with E-state index in [4.69, 9.17) is 5.26 Å². The number of nitrogens with zero attached hydrogens (tertiary/aromatic N) is 2. The van der Waals surface area contributed by atoms with E-state index in [1.54, 1.807) is 37.3 Å². The molecular formula is C22H12F4N2OS. The highest BCUT2D eigenvalue weighted by Gasteiger charge is 2.31. The lowest BCUT2D eigenvalue weighted by Crippen LogP contribution is -2.17. The van der Waals surface area contributed by atoms with Gasteiger partial charge in [-0.25, -0.2) is 9.37 Å². The molecule has 0 atom stereocenters. The van der Waals surface area contributed by atoms with Crippen molar-refractivity contribution < 1.29 is 22.3 Å². The molecule has 0 radical (unpaired) electrons. The molecule has 0 spiro atoms. The number of halogens is 4. The first-order valence-corrected chi connectivity index (χ1v) is 9.27. The fourth-order valence-electron chi connectivity index (χ4n) is 2.64. The number of nitriles is 1. The normalized spacial score (nSPS) is 10.7. The Morgan fingerprint density at radius 1 is 1.03 bits per heavy atom. The van der Waals surface area contributed by atoms with Crippen molar-refractivity contribution in [3.05, 3.63) is 77.4 Å². The molecule has 0 saturated carbocycles. The fraction of sp³-hybridized carbons (Fsp3) is 0.0909. The smallest absolute Gasteiger partial charge is 0.406 e. The van der Waals surface area contributed by atoms with E-state index in [0.717, 1.165) is 22.9 Å². The molecule has 8 heteroatoms. The topological polar surface area (TPSA) is 45.9 Å². The highest BCUT2D eigenvalue weighted by atomic mass is 32.2. The van der Waals surface area contributed by atoms with Gasteiger partial charge in [0, 0.05) is 16.7 Å². The lowest BCUT2D eigenvalue weighted by atomic mass is 9.99. The molecular weight excluding hydrogens is 416 g/mol. The standard InChI is InChI=1S/C22H12F4N2OS/c1-14-10-17(29-22(24,25)26)7-8-19(14)16-5-2-15(3-6-16)4-9-21-20(23)11-18(12-28-21)30-13-27/h2-3,5-8,10-12H,1H3. The number of thioether (sulfide) groups is 1. The Bertz CT molecular complexity index is 1170. The molecule has 0 aliphatic rings. The van der Waals surface area contributed by atoms with E-state index in [9.17, 15) is 17.6 Å². The fourth-order valence-corrected chi connectivity index (χ4v) is 3.02. The van der Waals surface area contributed by atoms with Gasteiger partial charge in [-0.3, -0.25) is 0 Å². The third-order valence-corrected chi connectivity index (χ3v) is 4.48. The number of aryl methyl sites for hydroxylation is 1. The Labute approximate surface area is 174 Å².